The number of amides is 1. The van der Waals surface area contributed by atoms with E-state index in [1.807, 2.05) is 44.2 Å². The Kier molecular flexibility index (Phi) is 6.21. The molecule has 6 heteroatoms. The number of carbonyl (C=O) groups excluding carboxylic acids is 2. The number of carbonyl (C=O) groups is 2. The number of rotatable bonds is 5. The van der Waals surface area contributed by atoms with E-state index in [9.17, 15) is 9.59 Å². The second-order valence-electron chi connectivity index (χ2n) is 7.96. The Morgan fingerprint density at radius 2 is 1.88 bits per heavy atom. The fraction of sp³-hybridized carbons (Fsp3) is 0.269. The summed E-state index contributed by atoms with van der Waals surface area (Å²) in [6.45, 7) is 5.83. The van der Waals surface area contributed by atoms with Gasteiger partial charge in [0.25, 0.3) is 5.91 Å². The van der Waals surface area contributed by atoms with Crippen molar-refractivity contribution in [3.05, 3.63) is 87.9 Å². The summed E-state index contributed by atoms with van der Waals surface area (Å²) in [4.78, 5) is 25.3. The smallest absolute Gasteiger partial charge is 0.379 e. The van der Waals surface area contributed by atoms with E-state index in [0.29, 0.717) is 41.2 Å². The molecule has 0 fully saturated rings. The van der Waals surface area contributed by atoms with Crippen LogP contribution in [-0.2, 0) is 12.8 Å². The van der Waals surface area contributed by atoms with Gasteiger partial charge >= 0.3 is 5.97 Å². The monoisotopic (exact) mass is 430 g/mol. The summed E-state index contributed by atoms with van der Waals surface area (Å²) >= 11 is 0. The predicted molar refractivity (Wildman–Crippen MR) is 122 cm³/mol. The van der Waals surface area contributed by atoms with Gasteiger partial charge in [0, 0.05) is 23.1 Å². The highest BCUT2D eigenvalue weighted by Gasteiger charge is 2.29. The number of hydrazone groups is 1. The number of hydrogen-bond acceptors (Lipinski definition) is 5. The Hall–Kier alpha value is -3.67. The Morgan fingerprint density at radius 1 is 1.09 bits per heavy atom. The topological polar surface area (TPSA) is 80.9 Å². The average molecular weight is 431 g/mol. The summed E-state index contributed by atoms with van der Waals surface area (Å²) in [5, 5.41) is 4.37. The first-order valence-electron chi connectivity index (χ1n) is 10.8. The van der Waals surface area contributed by atoms with Gasteiger partial charge in [0.2, 0.25) is 5.76 Å². The van der Waals surface area contributed by atoms with E-state index >= 15 is 0 Å². The van der Waals surface area contributed by atoms with Gasteiger partial charge < -0.3 is 9.15 Å². The fourth-order valence-corrected chi connectivity index (χ4v) is 3.89. The van der Waals surface area contributed by atoms with Crippen LogP contribution in [0.2, 0.25) is 0 Å². The minimum Gasteiger partial charge on any atom is -0.453 e. The van der Waals surface area contributed by atoms with Gasteiger partial charge in [-0.3, -0.25) is 4.79 Å². The average Bonchev–Trinajstić information content (AvgIpc) is 3.15. The minimum atomic E-state index is -0.538. The first-order chi connectivity index (χ1) is 15.5. The number of esters is 1. The molecule has 0 spiro atoms. The van der Waals surface area contributed by atoms with Crippen molar-refractivity contribution < 1.29 is 18.7 Å². The summed E-state index contributed by atoms with van der Waals surface area (Å²) in [6, 6.07) is 14.8. The van der Waals surface area contributed by atoms with Crippen molar-refractivity contribution in [2.75, 3.05) is 0 Å². The number of hydrogen-bond donors (Lipinski definition) is 1. The third-order valence-corrected chi connectivity index (χ3v) is 5.63. The molecule has 1 N–H and O–H groups in total. The number of ether oxygens (including phenoxy) is 1. The van der Waals surface area contributed by atoms with Crippen molar-refractivity contribution in [2.45, 2.75) is 46.5 Å². The molecule has 164 valence electrons. The van der Waals surface area contributed by atoms with Crippen LogP contribution in [0.3, 0.4) is 0 Å². The van der Waals surface area contributed by atoms with E-state index < -0.39 is 5.97 Å². The standard InChI is InChI=1S/C26H26N2O4/c1-4-18-11-13-20(14-12-18)31-26(30)24-17(3)23-21(9-6-10-22(23)32-24)27-28-25(29)19-8-5-7-16(2)15-19/h5,7-8,11-15H,4,6,9-10H2,1-3H3,(H,28,29)/b27-21+. The van der Waals surface area contributed by atoms with Crippen molar-refractivity contribution in [3.8, 4) is 5.75 Å². The second kappa shape index (κ2) is 9.22. The first kappa shape index (κ1) is 21.6. The molecule has 1 aromatic heterocycles. The molecule has 1 amide bonds. The van der Waals surface area contributed by atoms with Crippen LogP contribution in [0.4, 0.5) is 0 Å². The molecule has 1 aliphatic carbocycles. The lowest BCUT2D eigenvalue weighted by Gasteiger charge is -2.13. The summed E-state index contributed by atoms with van der Waals surface area (Å²) in [5.74, 6) is 0.536. The van der Waals surface area contributed by atoms with Crippen molar-refractivity contribution in [2.24, 2.45) is 5.10 Å². The highest BCUT2D eigenvalue weighted by molar-refractivity contribution is 6.06. The van der Waals surface area contributed by atoms with E-state index in [2.05, 4.69) is 17.5 Å². The highest BCUT2D eigenvalue weighted by Crippen LogP contribution is 2.30. The molecule has 1 aliphatic rings. The van der Waals surface area contributed by atoms with Gasteiger partial charge in [-0.1, -0.05) is 36.8 Å². The molecule has 0 atom stereocenters. The van der Waals surface area contributed by atoms with E-state index in [0.717, 1.165) is 24.0 Å². The summed E-state index contributed by atoms with van der Waals surface area (Å²) < 4.78 is 11.4. The van der Waals surface area contributed by atoms with Crippen LogP contribution in [0.1, 0.15) is 68.7 Å². The van der Waals surface area contributed by atoms with Gasteiger partial charge in [-0.2, -0.15) is 5.10 Å². The maximum atomic E-state index is 12.8. The maximum Gasteiger partial charge on any atom is 0.379 e. The van der Waals surface area contributed by atoms with Crippen molar-refractivity contribution >= 4 is 17.6 Å². The molecule has 1 heterocycles. The molecule has 6 nitrogen and oxygen atoms in total. The fourth-order valence-electron chi connectivity index (χ4n) is 3.89. The van der Waals surface area contributed by atoms with Gasteiger partial charge in [-0.15, -0.1) is 0 Å². The van der Waals surface area contributed by atoms with Gasteiger partial charge in [-0.05, 0) is 62.9 Å². The SMILES string of the molecule is CCc1ccc(OC(=O)c2oc3c(c2C)/C(=N/NC(=O)c2cccc(C)c2)CCC3)cc1. The molecule has 2 aromatic carbocycles. The number of aryl methyl sites for hydroxylation is 3. The van der Waals surface area contributed by atoms with E-state index in [1.54, 1.807) is 18.2 Å². The Morgan fingerprint density at radius 3 is 2.59 bits per heavy atom. The minimum absolute atomic E-state index is 0.175. The van der Waals surface area contributed by atoms with Crippen LogP contribution in [-0.4, -0.2) is 17.6 Å². The van der Waals surface area contributed by atoms with Crippen molar-refractivity contribution in [1.82, 2.24) is 5.43 Å². The third-order valence-electron chi connectivity index (χ3n) is 5.63. The van der Waals surface area contributed by atoms with Crippen LogP contribution in [0.15, 0.2) is 58.0 Å². The number of benzene rings is 2. The summed E-state index contributed by atoms with van der Waals surface area (Å²) in [7, 11) is 0. The Labute approximate surface area is 187 Å². The van der Waals surface area contributed by atoms with Gasteiger partial charge in [0.1, 0.15) is 11.5 Å². The first-order valence-corrected chi connectivity index (χ1v) is 10.8. The Bertz CT molecular complexity index is 1190. The largest absolute Gasteiger partial charge is 0.453 e. The van der Waals surface area contributed by atoms with Crippen LogP contribution in [0.5, 0.6) is 5.75 Å². The zero-order chi connectivity index (χ0) is 22.7. The normalized spacial score (nSPS) is 14.2. The number of nitrogens with zero attached hydrogens (tertiary/aromatic N) is 1. The highest BCUT2D eigenvalue weighted by atomic mass is 16.5. The molecule has 0 aliphatic heterocycles. The van der Waals surface area contributed by atoms with E-state index in [1.165, 1.54) is 5.56 Å². The Balaban J connectivity index is 1.54. The molecule has 3 aromatic rings. The van der Waals surface area contributed by atoms with Crippen molar-refractivity contribution in [1.29, 1.82) is 0 Å². The van der Waals surface area contributed by atoms with E-state index in [4.69, 9.17) is 9.15 Å². The quantitative estimate of drug-likeness (QED) is 0.345. The summed E-state index contributed by atoms with van der Waals surface area (Å²) in [5.41, 5.74) is 7.54. The number of nitrogens with one attached hydrogen (secondary N) is 1. The van der Waals surface area contributed by atoms with Crippen LogP contribution in [0, 0.1) is 13.8 Å². The molecule has 32 heavy (non-hydrogen) atoms. The lowest BCUT2D eigenvalue weighted by molar-refractivity contribution is 0.0698. The number of fused-ring (bicyclic) bond motifs is 1. The predicted octanol–water partition coefficient (Wildman–Crippen LogP) is 5.15. The van der Waals surface area contributed by atoms with Crippen LogP contribution < -0.4 is 10.2 Å². The molecular weight excluding hydrogens is 404 g/mol. The molecule has 0 unspecified atom stereocenters. The molecule has 0 saturated heterocycles. The third kappa shape index (κ3) is 4.49. The zero-order valence-electron chi connectivity index (χ0n) is 18.5. The lowest BCUT2D eigenvalue weighted by atomic mass is 9.93. The van der Waals surface area contributed by atoms with E-state index in [-0.39, 0.29) is 11.7 Å². The molecular formula is C26H26N2O4. The van der Waals surface area contributed by atoms with Crippen molar-refractivity contribution in [3.63, 3.8) is 0 Å². The molecule has 4 rings (SSSR count). The van der Waals surface area contributed by atoms with Gasteiger partial charge in [-0.25, -0.2) is 10.2 Å². The summed E-state index contributed by atoms with van der Waals surface area (Å²) in [6.07, 6.45) is 3.14. The molecule has 0 bridgehead atoms. The van der Waals surface area contributed by atoms with Gasteiger partial charge in [0.05, 0.1) is 5.71 Å². The maximum absolute atomic E-state index is 12.8. The molecule has 0 saturated carbocycles. The molecule has 0 radical (unpaired) electrons. The second-order valence-corrected chi connectivity index (χ2v) is 7.96. The lowest BCUT2D eigenvalue weighted by Crippen LogP contribution is -2.22. The van der Waals surface area contributed by atoms with Gasteiger partial charge in [0.15, 0.2) is 0 Å². The van der Waals surface area contributed by atoms with Crippen LogP contribution >= 0.6 is 0 Å². The van der Waals surface area contributed by atoms with Crippen LogP contribution in [0.25, 0.3) is 0 Å². The zero-order valence-corrected chi connectivity index (χ0v) is 18.5. The number of furan rings is 1.